The summed E-state index contributed by atoms with van der Waals surface area (Å²) >= 11 is 0. The van der Waals surface area contributed by atoms with Crippen LogP contribution in [0, 0.1) is 0 Å². The van der Waals surface area contributed by atoms with E-state index in [0.717, 1.165) is 22.4 Å². The monoisotopic (exact) mass is 309 g/mol. The molecule has 3 nitrogen and oxygen atoms in total. The number of hydrogen-bond donors (Lipinski definition) is 1. The van der Waals surface area contributed by atoms with Crippen LogP contribution in [0.4, 0.5) is 5.69 Å². The van der Waals surface area contributed by atoms with Crippen molar-refractivity contribution in [3.63, 3.8) is 0 Å². The molecule has 23 heavy (non-hydrogen) atoms. The number of benzene rings is 2. The summed E-state index contributed by atoms with van der Waals surface area (Å²) in [4.78, 5) is 11.8. The van der Waals surface area contributed by atoms with E-state index in [2.05, 4.69) is 29.6 Å². The van der Waals surface area contributed by atoms with Crippen LogP contribution in [0.1, 0.15) is 25.8 Å². The van der Waals surface area contributed by atoms with Gasteiger partial charge in [-0.15, -0.1) is 0 Å². The van der Waals surface area contributed by atoms with Crippen molar-refractivity contribution in [1.29, 1.82) is 0 Å². The zero-order valence-electron chi connectivity index (χ0n) is 13.9. The minimum absolute atomic E-state index is 0.235. The average molecular weight is 309 g/mol. The van der Waals surface area contributed by atoms with Gasteiger partial charge in [-0.25, -0.2) is 4.79 Å². The lowest BCUT2D eigenvalue weighted by atomic mass is 10.0. The smallest absolute Gasteiger partial charge is 0.333 e. The van der Waals surface area contributed by atoms with Crippen LogP contribution in [-0.2, 0) is 9.53 Å². The van der Waals surface area contributed by atoms with E-state index in [9.17, 15) is 4.79 Å². The van der Waals surface area contributed by atoms with E-state index in [1.54, 1.807) is 0 Å². The first-order chi connectivity index (χ1) is 11.2. The van der Waals surface area contributed by atoms with Gasteiger partial charge in [0.15, 0.2) is 0 Å². The van der Waals surface area contributed by atoms with Gasteiger partial charge >= 0.3 is 5.97 Å². The summed E-state index contributed by atoms with van der Waals surface area (Å²) in [6.45, 7) is 4.18. The third kappa shape index (κ3) is 4.46. The number of esters is 1. The van der Waals surface area contributed by atoms with E-state index in [-0.39, 0.29) is 5.97 Å². The Morgan fingerprint density at radius 2 is 1.83 bits per heavy atom. The molecule has 0 atom stereocenters. The maximum Gasteiger partial charge on any atom is 0.333 e. The Balaban J connectivity index is 2.23. The van der Waals surface area contributed by atoms with E-state index in [1.165, 1.54) is 0 Å². The standard InChI is InChI=1S/C20H23NO2/c1-4-16(20(22)23-5-2)13-15-9-11-17(12-10-15)18-7-6-8-19(14-18)21-3/h6-14,21H,4-5H2,1-3H3/b16-13+. The number of ether oxygens (including phenoxy) is 1. The molecule has 120 valence electrons. The Morgan fingerprint density at radius 1 is 1.09 bits per heavy atom. The molecule has 0 radical (unpaired) electrons. The summed E-state index contributed by atoms with van der Waals surface area (Å²) in [6.07, 6.45) is 2.55. The van der Waals surface area contributed by atoms with E-state index in [0.29, 0.717) is 18.6 Å². The maximum atomic E-state index is 11.8. The first-order valence-corrected chi connectivity index (χ1v) is 7.93. The van der Waals surface area contributed by atoms with E-state index >= 15 is 0 Å². The van der Waals surface area contributed by atoms with Gasteiger partial charge in [0, 0.05) is 18.3 Å². The summed E-state index contributed by atoms with van der Waals surface area (Å²) in [5.41, 5.74) is 5.09. The van der Waals surface area contributed by atoms with Gasteiger partial charge in [-0.1, -0.05) is 43.3 Å². The molecule has 0 amide bonds. The van der Waals surface area contributed by atoms with Gasteiger partial charge in [-0.3, -0.25) is 0 Å². The van der Waals surface area contributed by atoms with Crippen LogP contribution in [0.5, 0.6) is 0 Å². The van der Waals surface area contributed by atoms with Crippen molar-refractivity contribution in [2.75, 3.05) is 19.0 Å². The number of carbonyl (C=O) groups is 1. The second-order valence-electron chi connectivity index (χ2n) is 5.20. The second kappa shape index (κ2) is 8.18. The van der Waals surface area contributed by atoms with Crippen molar-refractivity contribution < 1.29 is 9.53 Å². The fourth-order valence-electron chi connectivity index (χ4n) is 2.36. The molecule has 2 aromatic carbocycles. The molecule has 0 aliphatic carbocycles. The molecule has 1 N–H and O–H groups in total. The van der Waals surface area contributed by atoms with Crippen LogP contribution in [0.3, 0.4) is 0 Å². The van der Waals surface area contributed by atoms with Crippen molar-refractivity contribution in [2.45, 2.75) is 20.3 Å². The summed E-state index contributed by atoms with van der Waals surface area (Å²) in [5.74, 6) is -0.235. The quantitative estimate of drug-likeness (QED) is 0.618. The molecule has 0 fully saturated rings. The zero-order valence-corrected chi connectivity index (χ0v) is 13.9. The minimum atomic E-state index is -0.235. The first kappa shape index (κ1) is 16.8. The maximum absolute atomic E-state index is 11.8. The highest BCUT2D eigenvalue weighted by atomic mass is 16.5. The lowest BCUT2D eigenvalue weighted by Crippen LogP contribution is -2.06. The Hall–Kier alpha value is -2.55. The van der Waals surface area contributed by atoms with Crippen molar-refractivity contribution in [2.24, 2.45) is 0 Å². The fraction of sp³-hybridized carbons (Fsp3) is 0.250. The summed E-state index contributed by atoms with van der Waals surface area (Å²) in [6, 6.07) is 16.5. The predicted octanol–water partition coefficient (Wildman–Crippen LogP) is 4.75. The number of carbonyl (C=O) groups excluding carboxylic acids is 1. The molecule has 0 bridgehead atoms. The van der Waals surface area contributed by atoms with Gasteiger partial charge < -0.3 is 10.1 Å². The van der Waals surface area contributed by atoms with Crippen molar-refractivity contribution in [3.05, 3.63) is 59.7 Å². The van der Waals surface area contributed by atoms with E-state index in [4.69, 9.17) is 4.74 Å². The van der Waals surface area contributed by atoms with Gasteiger partial charge in [0.25, 0.3) is 0 Å². The van der Waals surface area contributed by atoms with Gasteiger partial charge in [-0.2, -0.15) is 0 Å². The van der Waals surface area contributed by atoms with E-state index in [1.807, 2.05) is 51.2 Å². The second-order valence-corrected chi connectivity index (χ2v) is 5.20. The van der Waals surface area contributed by atoms with Gasteiger partial charge in [0.2, 0.25) is 0 Å². The highest BCUT2D eigenvalue weighted by Gasteiger charge is 2.08. The molecule has 3 heteroatoms. The summed E-state index contributed by atoms with van der Waals surface area (Å²) < 4.78 is 5.07. The Bertz CT molecular complexity index is 687. The average Bonchev–Trinajstić information content (AvgIpc) is 2.60. The van der Waals surface area contributed by atoms with E-state index < -0.39 is 0 Å². The topological polar surface area (TPSA) is 38.3 Å². The van der Waals surface area contributed by atoms with Crippen LogP contribution in [0.25, 0.3) is 17.2 Å². The number of anilines is 1. The van der Waals surface area contributed by atoms with Gasteiger partial charge in [0.05, 0.1) is 6.61 Å². The largest absolute Gasteiger partial charge is 0.463 e. The van der Waals surface area contributed by atoms with Gasteiger partial charge in [-0.05, 0) is 48.2 Å². The van der Waals surface area contributed by atoms with Crippen molar-refractivity contribution in [1.82, 2.24) is 0 Å². The lowest BCUT2D eigenvalue weighted by Gasteiger charge is -2.07. The van der Waals surface area contributed by atoms with Crippen molar-refractivity contribution in [3.8, 4) is 11.1 Å². The summed E-state index contributed by atoms with van der Waals surface area (Å²) in [5, 5.41) is 3.15. The summed E-state index contributed by atoms with van der Waals surface area (Å²) in [7, 11) is 1.91. The Kier molecular flexibility index (Phi) is 5.98. The molecule has 0 unspecified atom stereocenters. The molecule has 0 saturated heterocycles. The molecular weight excluding hydrogens is 286 g/mol. The number of rotatable bonds is 6. The molecular formula is C20H23NO2. The van der Waals surface area contributed by atoms with Crippen LogP contribution >= 0.6 is 0 Å². The zero-order chi connectivity index (χ0) is 16.7. The normalized spacial score (nSPS) is 11.2. The third-order valence-corrected chi connectivity index (χ3v) is 3.65. The Morgan fingerprint density at radius 3 is 2.43 bits per heavy atom. The highest BCUT2D eigenvalue weighted by molar-refractivity contribution is 5.93. The SMILES string of the molecule is CCOC(=O)/C(=C/c1ccc(-c2cccc(NC)c2)cc1)CC. The molecule has 2 rings (SSSR count). The predicted molar refractivity (Wildman–Crippen MR) is 96.3 cm³/mol. The first-order valence-electron chi connectivity index (χ1n) is 7.93. The fourth-order valence-corrected chi connectivity index (χ4v) is 2.36. The molecule has 0 heterocycles. The van der Waals surface area contributed by atoms with Crippen LogP contribution < -0.4 is 5.32 Å². The molecule has 2 aromatic rings. The lowest BCUT2D eigenvalue weighted by molar-refractivity contribution is -0.138. The number of hydrogen-bond acceptors (Lipinski definition) is 3. The molecule has 0 aromatic heterocycles. The molecule has 0 aliphatic heterocycles. The van der Waals surface area contributed by atoms with Crippen LogP contribution in [0.15, 0.2) is 54.1 Å². The third-order valence-electron chi connectivity index (χ3n) is 3.65. The number of nitrogens with one attached hydrogen (secondary N) is 1. The van der Waals surface area contributed by atoms with Crippen molar-refractivity contribution >= 4 is 17.7 Å². The molecule has 0 aliphatic rings. The van der Waals surface area contributed by atoms with Crippen LogP contribution in [0.2, 0.25) is 0 Å². The highest BCUT2D eigenvalue weighted by Crippen LogP contribution is 2.23. The van der Waals surface area contributed by atoms with Crippen LogP contribution in [-0.4, -0.2) is 19.6 Å². The van der Waals surface area contributed by atoms with Gasteiger partial charge in [0.1, 0.15) is 0 Å². The minimum Gasteiger partial charge on any atom is -0.463 e. The Labute approximate surface area is 138 Å². The molecule has 0 spiro atoms. The molecule has 0 saturated carbocycles.